The van der Waals surface area contributed by atoms with Crippen LogP contribution in [0.25, 0.3) is 0 Å². The monoisotopic (exact) mass is 293 g/mol. The van der Waals surface area contributed by atoms with Gasteiger partial charge >= 0.3 is 6.36 Å². The number of nitrogens with two attached hydrogens (primary N) is 1. The zero-order valence-corrected chi connectivity index (χ0v) is 10.6. The van der Waals surface area contributed by atoms with Crippen LogP contribution in [0, 0.1) is 11.7 Å². The van der Waals surface area contributed by atoms with Crippen LogP contribution in [0.4, 0.5) is 17.6 Å². The van der Waals surface area contributed by atoms with Crippen molar-refractivity contribution in [3.8, 4) is 5.75 Å². The highest BCUT2D eigenvalue weighted by molar-refractivity contribution is 5.32. The summed E-state index contributed by atoms with van der Waals surface area (Å²) in [4.78, 5) is 0. The summed E-state index contributed by atoms with van der Waals surface area (Å²) < 4.78 is 59.2. The molecule has 1 fully saturated rings. The zero-order valence-electron chi connectivity index (χ0n) is 10.6. The molecule has 1 saturated heterocycles. The summed E-state index contributed by atoms with van der Waals surface area (Å²) in [5.41, 5.74) is 6.01. The fourth-order valence-corrected chi connectivity index (χ4v) is 2.30. The van der Waals surface area contributed by atoms with Gasteiger partial charge in [0.15, 0.2) is 0 Å². The summed E-state index contributed by atoms with van der Waals surface area (Å²) in [7, 11) is 0. The fourth-order valence-electron chi connectivity index (χ4n) is 2.30. The van der Waals surface area contributed by atoms with Crippen molar-refractivity contribution in [2.24, 2.45) is 11.7 Å². The number of alkyl halides is 3. The van der Waals surface area contributed by atoms with E-state index in [0.29, 0.717) is 26.1 Å². The summed E-state index contributed by atoms with van der Waals surface area (Å²) in [6.45, 7) is 1.05. The summed E-state index contributed by atoms with van der Waals surface area (Å²) in [5, 5.41) is 0. The highest BCUT2D eigenvalue weighted by Gasteiger charge is 2.32. The van der Waals surface area contributed by atoms with E-state index in [2.05, 4.69) is 4.74 Å². The van der Waals surface area contributed by atoms with E-state index in [0.717, 1.165) is 18.2 Å². The number of halogens is 4. The van der Waals surface area contributed by atoms with Gasteiger partial charge in [-0.3, -0.25) is 0 Å². The van der Waals surface area contributed by atoms with E-state index in [1.54, 1.807) is 0 Å². The molecule has 0 saturated carbocycles. The van der Waals surface area contributed by atoms with Crippen LogP contribution >= 0.6 is 0 Å². The molecule has 0 unspecified atom stereocenters. The molecule has 1 aromatic rings. The van der Waals surface area contributed by atoms with Crippen LogP contribution in [-0.2, 0) is 4.74 Å². The maximum Gasteiger partial charge on any atom is 0.573 e. The maximum atomic E-state index is 13.8. The van der Waals surface area contributed by atoms with Crippen LogP contribution in [0.1, 0.15) is 24.4 Å². The number of benzene rings is 1. The Morgan fingerprint density at radius 1 is 1.25 bits per heavy atom. The molecule has 0 aromatic heterocycles. The molecule has 0 bridgehead atoms. The number of ether oxygens (including phenoxy) is 2. The van der Waals surface area contributed by atoms with Gasteiger partial charge in [0.1, 0.15) is 11.6 Å². The fraction of sp³-hybridized carbons (Fsp3) is 0.538. The Hall–Kier alpha value is -1.34. The van der Waals surface area contributed by atoms with E-state index in [9.17, 15) is 17.6 Å². The maximum absolute atomic E-state index is 13.8. The van der Waals surface area contributed by atoms with Gasteiger partial charge in [-0.15, -0.1) is 13.2 Å². The summed E-state index contributed by atoms with van der Waals surface area (Å²) >= 11 is 0. The smallest absolute Gasteiger partial charge is 0.406 e. The largest absolute Gasteiger partial charge is 0.573 e. The van der Waals surface area contributed by atoms with Gasteiger partial charge in [-0.05, 0) is 37.0 Å². The van der Waals surface area contributed by atoms with Crippen molar-refractivity contribution >= 4 is 0 Å². The van der Waals surface area contributed by atoms with Gasteiger partial charge in [0.25, 0.3) is 0 Å². The van der Waals surface area contributed by atoms with Crippen LogP contribution in [0.3, 0.4) is 0 Å². The first-order valence-electron chi connectivity index (χ1n) is 6.25. The summed E-state index contributed by atoms with van der Waals surface area (Å²) in [5.74, 6) is -1.10. The normalized spacial score (nSPS) is 18.9. The molecule has 2 rings (SSSR count). The van der Waals surface area contributed by atoms with Crippen molar-refractivity contribution in [2.75, 3.05) is 13.2 Å². The van der Waals surface area contributed by atoms with Crippen molar-refractivity contribution in [3.05, 3.63) is 29.6 Å². The summed E-state index contributed by atoms with van der Waals surface area (Å²) in [6.07, 6.45) is -3.49. The van der Waals surface area contributed by atoms with Gasteiger partial charge in [0.2, 0.25) is 0 Å². The van der Waals surface area contributed by atoms with Crippen LogP contribution < -0.4 is 10.5 Å². The molecule has 1 aliphatic heterocycles. The van der Waals surface area contributed by atoms with E-state index in [1.165, 1.54) is 0 Å². The second kappa shape index (κ2) is 5.97. The molecular formula is C13H15F4NO2. The van der Waals surface area contributed by atoms with Gasteiger partial charge < -0.3 is 15.2 Å². The standard InChI is InChI=1S/C13H15F4NO2/c14-11-2-1-9(20-13(15,16)17)7-10(11)12(18)8-3-5-19-6-4-8/h1-2,7-8,12H,3-6,18H2/t12-/m0/s1. The van der Waals surface area contributed by atoms with E-state index >= 15 is 0 Å². The van der Waals surface area contributed by atoms with Gasteiger partial charge in [0.05, 0.1) is 0 Å². The lowest BCUT2D eigenvalue weighted by molar-refractivity contribution is -0.274. The molecule has 7 heteroatoms. The molecule has 1 aromatic carbocycles. The van der Waals surface area contributed by atoms with Crippen molar-refractivity contribution in [1.29, 1.82) is 0 Å². The molecule has 0 aliphatic carbocycles. The first-order chi connectivity index (χ1) is 9.37. The van der Waals surface area contributed by atoms with E-state index < -0.39 is 24.0 Å². The molecule has 0 amide bonds. The Kier molecular flexibility index (Phi) is 4.49. The van der Waals surface area contributed by atoms with Gasteiger partial charge in [-0.2, -0.15) is 0 Å². The zero-order chi connectivity index (χ0) is 14.8. The minimum Gasteiger partial charge on any atom is -0.406 e. The highest BCUT2D eigenvalue weighted by atomic mass is 19.4. The molecule has 1 heterocycles. The van der Waals surface area contributed by atoms with Crippen LogP contribution in [-0.4, -0.2) is 19.6 Å². The van der Waals surface area contributed by atoms with Crippen LogP contribution in [0.2, 0.25) is 0 Å². The average Bonchev–Trinajstić information content (AvgIpc) is 2.40. The Labute approximate surface area is 113 Å². The molecule has 112 valence electrons. The molecule has 0 radical (unpaired) electrons. The molecule has 3 nitrogen and oxygen atoms in total. The Morgan fingerprint density at radius 2 is 1.90 bits per heavy atom. The highest BCUT2D eigenvalue weighted by Crippen LogP contribution is 2.32. The molecule has 1 aliphatic rings. The van der Waals surface area contributed by atoms with Gasteiger partial charge in [0, 0.05) is 24.8 Å². The minimum absolute atomic E-state index is 0.0145. The first-order valence-corrected chi connectivity index (χ1v) is 6.25. The second-order valence-electron chi connectivity index (χ2n) is 4.71. The van der Waals surface area contributed by atoms with E-state index in [1.807, 2.05) is 0 Å². The van der Waals surface area contributed by atoms with E-state index in [4.69, 9.17) is 10.5 Å². The van der Waals surface area contributed by atoms with Crippen LogP contribution in [0.15, 0.2) is 18.2 Å². The third-order valence-electron chi connectivity index (χ3n) is 3.33. The van der Waals surface area contributed by atoms with Gasteiger partial charge in [-0.1, -0.05) is 0 Å². The lowest BCUT2D eigenvalue weighted by atomic mass is 9.87. The average molecular weight is 293 g/mol. The quantitative estimate of drug-likeness (QED) is 0.871. The Balaban J connectivity index is 2.18. The SMILES string of the molecule is N[C@H](c1cc(OC(F)(F)F)ccc1F)C1CCOCC1. The summed E-state index contributed by atoms with van der Waals surface area (Å²) in [6, 6.07) is 2.22. The van der Waals surface area contributed by atoms with Gasteiger partial charge in [-0.25, -0.2) is 4.39 Å². The van der Waals surface area contributed by atoms with Crippen molar-refractivity contribution < 1.29 is 27.0 Å². The second-order valence-corrected chi connectivity index (χ2v) is 4.71. The third kappa shape index (κ3) is 3.83. The number of hydrogen-bond donors (Lipinski definition) is 1. The predicted octanol–water partition coefficient (Wildman–Crippen LogP) is 3.15. The topological polar surface area (TPSA) is 44.5 Å². The molecule has 20 heavy (non-hydrogen) atoms. The lowest BCUT2D eigenvalue weighted by Crippen LogP contribution is -2.28. The number of rotatable bonds is 3. The minimum atomic E-state index is -4.81. The van der Waals surface area contributed by atoms with Crippen molar-refractivity contribution in [1.82, 2.24) is 0 Å². The lowest BCUT2D eigenvalue weighted by Gasteiger charge is -2.28. The van der Waals surface area contributed by atoms with E-state index in [-0.39, 0.29) is 11.5 Å². The first kappa shape index (κ1) is 15.1. The van der Waals surface area contributed by atoms with Crippen LogP contribution in [0.5, 0.6) is 5.75 Å². The number of hydrogen-bond acceptors (Lipinski definition) is 3. The molecule has 2 N–H and O–H groups in total. The third-order valence-corrected chi connectivity index (χ3v) is 3.33. The molecular weight excluding hydrogens is 278 g/mol. The predicted molar refractivity (Wildman–Crippen MR) is 63.6 cm³/mol. The van der Waals surface area contributed by atoms with Crippen molar-refractivity contribution in [3.63, 3.8) is 0 Å². The Morgan fingerprint density at radius 3 is 2.50 bits per heavy atom. The molecule has 1 atom stereocenters. The van der Waals surface area contributed by atoms with Crippen molar-refractivity contribution in [2.45, 2.75) is 25.2 Å². The Bertz CT molecular complexity index is 458. The molecule has 0 spiro atoms.